The van der Waals surface area contributed by atoms with E-state index in [0.717, 1.165) is 0 Å². The first-order chi connectivity index (χ1) is 8.50. The number of hydrogen-bond acceptors (Lipinski definition) is 5. The topological polar surface area (TPSA) is 106 Å². The van der Waals surface area contributed by atoms with Crippen molar-refractivity contribution in [2.24, 2.45) is 5.92 Å². The highest BCUT2D eigenvalue weighted by atomic mass is 32.2. The van der Waals surface area contributed by atoms with E-state index in [4.69, 9.17) is 9.84 Å². The molecule has 0 amide bonds. The van der Waals surface area contributed by atoms with Crippen LogP contribution in [0.25, 0.3) is 0 Å². The molecule has 0 radical (unpaired) electrons. The van der Waals surface area contributed by atoms with E-state index in [0.29, 0.717) is 0 Å². The number of hydrogen-bond donors (Lipinski definition) is 2. The second-order valence-electron chi connectivity index (χ2n) is 3.90. The van der Waals surface area contributed by atoms with Crippen molar-refractivity contribution in [2.45, 2.75) is 10.9 Å². The Balaban J connectivity index is 2.16. The van der Waals surface area contributed by atoms with Crippen molar-refractivity contribution in [3.05, 3.63) is 24.5 Å². The summed E-state index contributed by atoms with van der Waals surface area (Å²) in [4.78, 5) is 14.6. The van der Waals surface area contributed by atoms with Gasteiger partial charge in [-0.3, -0.25) is 9.78 Å². The summed E-state index contributed by atoms with van der Waals surface area (Å²) in [6.07, 6.45) is 2.66. The standard InChI is InChI=1S/C10H12N2O5S/c13-10(14)8-5-17-6-9(8)12-18(15,16)7-2-1-3-11-4-7/h1-4,8-9,12H,5-6H2,(H,13,14). The van der Waals surface area contributed by atoms with E-state index in [1.807, 2.05) is 0 Å². The van der Waals surface area contributed by atoms with Crippen LogP contribution in [0.1, 0.15) is 0 Å². The van der Waals surface area contributed by atoms with Crippen LogP contribution in [0.3, 0.4) is 0 Å². The molecule has 7 nitrogen and oxygen atoms in total. The van der Waals surface area contributed by atoms with Gasteiger partial charge in [0.15, 0.2) is 0 Å². The third kappa shape index (κ3) is 2.66. The van der Waals surface area contributed by atoms with E-state index in [9.17, 15) is 13.2 Å². The van der Waals surface area contributed by atoms with Gasteiger partial charge in [-0.15, -0.1) is 0 Å². The van der Waals surface area contributed by atoms with Gasteiger partial charge in [0.25, 0.3) is 0 Å². The predicted octanol–water partition coefficient (Wildman–Crippen LogP) is -0.540. The molecule has 2 rings (SSSR count). The quantitative estimate of drug-likeness (QED) is 0.762. The van der Waals surface area contributed by atoms with Gasteiger partial charge in [0.05, 0.1) is 25.2 Å². The molecule has 2 atom stereocenters. The lowest BCUT2D eigenvalue weighted by Crippen LogP contribution is -2.42. The minimum absolute atomic E-state index is 0.000962. The fraction of sp³-hybridized carbons (Fsp3) is 0.400. The summed E-state index contributed by atoms with van der Waals surface area (Å²) in [7, 11) is -3.77. The van der Waals surface area contributed by atoms with Crippen molar-refractivity contribution in [3.63, 3.8) is 0 Å². The molecule has 0 saturated carbocycles. The van der Waals surface area contributed by atoms with Crippen molar-refractivity contribution in [2.75, 3.05) is 13.2 Å². The molecule has 0 bridgehead atoms. The van der Waals surface area contributed by atoms with Gasteiger partial charge in [-0.1, -0.05) is 0 Å². The van der Waals surface area contributed by atoms with Gasteiger partial charge >= 0.3 is 5.97 Å². The lowest BCUT2D eigenvalue weighted by molar-refractivity contribution is -0.142. The Morgan fingerprint density at radius 1 is 1.50 bits per heavy atom. The van der Waals surface area contributed by atoms with Crippen LogP contribution in [-0.4, -0.2) is 43.7 Å². The summed E-state index contributed by atoms with van der Waals surface area (Å²) < 4.78 is 31.2. The SMILES string of the molecule is O=C(O)C1COCC1NS(=O)(=O)c1cccnc1. The molecule has 1 aromatic heterocycles. The van der Waals surface area contributed by atoms with Crippen LogP contribution >= 0.6 is 0 Å². The monoisotopic (exact) mass is 272 g/mol. The van der Waals surface area contributed by atoms with Gasteiger partial charge in [-0.25, -0.2) is 13.1 Å². The highest BCUT2D eigenvalue weighted by Gasteiger charge is 2.36. The van der Waals surface area contributed by atoms with Crippen LogP contribution in [0, 0.1) is 5.92 Å². The average molecular weight is 272 g/mol. The molecule has 2 unspecified atom stereocenters. The van der Waals surface area contributed by atoms with Crippen LogP contribution in [0.2, 0.25) is 0 Å². The number of aromatic nitrogens is 1. The van der Waals surface area contributed by atoms with Crippen LogP contribution in [0.4, 0.5) is 0 Å². The summed E-state index contributed by atoms with van der Waals surface area (Å²) in [6.45, 7) is 0.0615. The molecule has 1 aliphatic rings. The summed E-state index contributed by atoms with van der Waals surface area (Å²) in [5.74, 6) is -1.94. The lowest BCUT2D eigenvalue weighted by atomic mass is 10.1. The molecule has 1 aliphatic heterocycles. The van der Waals surface area contributed by atoms with E-state index < -0.39 is 28.0 Å². The fourth-order valence-corrected chi connectivity index (χ4v) is 2.91. The number of sulfonamides is 1. The van der Waals surface area contributed by atoms with E-state index in [1.54, 1.807) is 0 Å². The Morgan fingerprint density at radius 3 is 2.89 bits per heavy atom. The van der Waals surface area contributed by atoms with Crippen LogP contribution in [0.5, 0.6) is 0 Å². The van der Waals surface area contributed by atoms with Gasteiger partial charge in [-0.05, 0) is 12.1 Å². The highest BCUT2D eigenvalue weighted by Crippen LogP contribution is 2.17. The lowest BCUT2D eigenvalue weighted by Gasteiger charge is -2.15. The Morgan fingerprint density at radius 2 is 2.28 bits per heavy atom. The molecule has 18 heavy (non-hydrogen) atoms. The smallest absolute Gasteiger partial charge is 0.310 e. The number of rotatable bonds is 4. The minimum Gasteiger partial charge on any atom is -0.481 e. The second kappa shape index (κ2) is 5.01. The Kier molecular flexibility index (Phi) is 3.60. The summed E-state index contributed by atoms with van der Waals surface area (Å²) in [6, 6.07) is 2.13. The predicted molar refractivity (Wildman–Crippen MR) is 60.3 cm³/mol. The van der Waals surface area contributed by atoms with Crippen molar-refractivity contribution in [3.8, 4) is 0 Å². The Labute approximate surface area is 104 Å². The fourth-order valence-electron chi connectivity index (χ4n) is 1.69. The first kappa shape index (κ1) is 12.9. The zero-order valence-electron chi connectivity index (χ0n) is 9.31. The minimum atomic E-state index is -3.77. The normalized spacial score (nSPS) is 24.0. The van der Waals surface area contributed by atoms with Gasteiger partial charge in [0.2, 0.25) is 10.0 Å². The molecule has 0 aliphatic carbocycles. The van der Waals surface area contributed by atoms with E-state index in [2.05, 4.69) is 9.71 Å². The molecule has 2 N–H and O–H groups in total. The van der Waals surface area contributed by atoms with Crippen molar-refractivity contribution >= 4 is 16.0 Å². The molecule has 1 fully saturated rings. The molecule has 2 heterocycles. The zero-order chi connectivity index (χ0) is 13.2. The van der Waals surface area contributed by atoms with Gasteiger partial charge in [0.1, 0.15) is 4.90 Å². The first-order valence-corrected chi connectivity index (χ1v) is 6.72. The number of carboxylic acid groups (broad SMARTS) is 1. The number of aliphatic carboxylic acids is 1. The van der Waals surface area contributed by atoms with Crippen LogP contribution < -0.4 is 4.72 Å². The summed E-state index contributed by atoms with van der Waals surface area (Å²) >= 11 is 0. The van der Waals surface area contributed by atoms with Crippen LogP contribution in [0.15, 0.2) is 29.4 Å². The van der Waals surface area contributed by atoms with Crippen molar-refractivity contribution < 1.29 is 23.1 Å². The summed E-state index contributed by atoms with van der Waals surface area (Å²) in [5.41, 5.74) is 0. The third-order valence-electron chi connectivity index (χ3n) is 2.65. The molecule has 1 saturated heterocycles. The highest BCUT2D eigenvalue weighted by molar-refractivity contribution is 7.89. The number of pyridine rings is 1. The van der Waals surface area contributed by atoms with Gasteiger partial charge in [-0.2, -0.15) is 0 Å². The molecule has 8 heteroatoms. The van der Waals surface area contributed by atoms with E-state index in [-0.39, 0.29) is 18.1 Å². The van der Waals surface area contributed by atoms with Gasteiger partial charge < -0.3 is 9.84 Å². The third-order valence-corrected chi connectivity index (χ3v) is 4.12. The average Bonchev–Trinajstić information content (AvgIpc) is 2.78. The largest absolute Gasteiger partial charge is 0.481 e. The number of ether oxygens (including phenoxy) is 1. The number of carboxylic acids is 1. The molecule has 98 valence electrons. The molecule has 0 spiro atoms. The van der Waals surface area contributed by atoms with Crippen molar-refractivity contribution in [1.29, 1.82) is 0 Å². The molecular formula is C10H12N2O5S. The maximum absolute atomic E-state index is 12.0. The van der Waals surface area contributed by atoms with Gasteiger partial charge in [0, 0.05) is 12.4 Å². The number of nitrogens with one attached hydrogen (secondary N) is 1. The second-order valence-corrected chi connectivity index (χ2v) is 5.61. The number of nitrogens with zero attached hydrogens (tertiary/aromatic N) is 1. The number of carbonyl (C=O) groups is 1. The maximum Gasteiger partial charge on any atom is 0.310 e. The Hall–Kier alpha value is -1.51. The molecular weight excluding hydrogens is 260 g/mol. The first-order valence-electron chi connectivity index (χ1n) is 5.23. The van der Waals surface area contributed by atoms with E-state index >= 15 is 0 Å². The van der Waals surface area contributed by atoms with E-state index in [1.165, 1.54) is 24.5 Å². The maximum atomic E-state index is 12.0. The molecule has 0 aromatic carbocycles. The van der Waals surface area contributed by atoms with Crippen LogP contribution in [-0.2, 0) is 19.6 Å². The Bertz CT molecular complexity index is 530. The summed E-state index contributed by atoms with van der Waals surface area (Å²) in [5, 5.41) is 8.92. The zero-order valence-corrected chi connectivity index (χ0v) is 10.1. The van der Waals surface area contributed by atoms with Crippen molar-refractivity contribution in [1.82, 2.24) is 9.71 Å². The molecule has 1 aromatic rings.